The zero-order valence-electron chi connectivity index (χ0n) is 16.0. The van der Waals surface area contributed by atoms with E-state index in [2.05, 4.69) is 5.32 Å². The van der Waals surface area contributed by atoms with Crippen LogP contribution in [0.1, 0.15) is 55.0 Å². The lowest BCUT2D eigenvalue weighted by Crippen LogP contribution is -2.36. The first-order chi connectivity index (χ1) is 13.4. The summed E-state index contributed by atoms with van der Waals surface area (Å²) in [5, 5.41) is 2.86. The Morgan fingerprint density at radius 2 is 1.79 bits per heavy atom. The molecule has 6 heteroatoms. The minimum Gasteiger partial charge on any atom is -0.376 e. The van der Waals surface area contributed by atoms with Crippen molar-refractivity contribution < 1.29 is 19.1 Å². The zero-order valence-corrected chi connectivity index (χ0v) is 16.0. The molecule has 0 aliphatic carbocycles. The Kier molecular flexibility index (Phi) is 4.73. The van der Waals surface area contributed by atoms with Crippen LogP contribution >= 0.6 is 0 Å². The molecule has 6 nitrogen and oxygen atoms in total. The second-order valence-corrected chi connectivity index (χ2v) is 7.45. The first-order valence-electron chi connectivity index (χ1n) is 9.44. The fraction of sp³-hybridized carbons (Fsp3) is 0.318. The Labute approximate surface area is 163 Å². The van der Waals surface area contributed by atoms with Gasteiger partial charge in [-0.15, -0.1) is 0 Å². The van der Waals surface area contributed by atoms with E-state index < -0.39 is 0 Å². The number of anilines is 1. The lowest BCUT2D eigenvalue weighted by molar-refractivity contribution is 0.0475. The summed E-state index contributed by atoms with van der Waals surface area (Å²) >= 11 is 0. The van der Waals surface area contributed by atoms with Crippen molar-refractivity contribution in [3.05, 3.63) is 64.2 Å². The van der Waals surface area contributed by atoms with E-state index in [1.165, 1.54) is 11.0 Å². The van der Waals surface area contributed by atoms with Crippen LogP contribution < -0.4 is 5.32 Å². The standard InChI is InChI=1S/C22H22N2O4/c1-13-8-14(2)10-16(9-13)23-20(25)15-5-6-18-19(11-15)22(27)24(21(18)26)12-17-4-3-7-28-17/h5-6,8-11,17H,3-4,7,12H2,1-2H3,(H,23,25). The normalized spacial score (nSPS) is 18.5. The Morgan fingerprint density at radius 1 is 1.07 bits per heavy atom. The van der Waals surface area contributed by atoms with Gasteiger partial charge in [0.05, 0.1) is 23.8 Å². The third-order valence-electron chi connectivity index (χ3n) is 5.12. The summed E-state index contributed by atoms with van der Waals surface area (Å²) in [6, 6.07) is 10.4. The van der Waals surface area contributed by atoms with Gasteiger partial charge in [0.2, 0.25) is 0 Å². The topological polar surface area (TPSA) is 75.7 Å². The molecule has 2 heterocycles. The monoisotopic (exact) mass is 378 g/mol. The molecule has 1 N–H and O–H groups in total. The fourth-order valence-corrected chi connectivity index (χ4v) is 3.84. The van der Waals surface area contributed by atoms with Gasteiger partial charge in [-0.3, -0.25) is 19.3 Å². The van der Waals surface area contributed by atoms with E-state index in [9.17, 15) is 14.4 Å². The van der Waals surface area contributed by atoms with Crippen LogP contribution in [0.3, 0.4) is 0 Å². The second-order valence-electron chi connectivity index (χ2n) is 7.45. The van der Waals surface area contributed by atoms with Crippen LogP contribution in [0.4, 0.5) is 5.69 Å². The molecule has 0 spiro atoms. The van der Waals surface area contributed by atoms with Crippen LogP contribution in [0, 0.1) is 13.8 Å². The minimum atomic E-state index is -0.364. The predicted molar refractivity (Wildman–Crippen MR) is 105 cm³/mol. The lowest BCUT2D eigenvalue weighted by Gasteiger charge is -2.17. The van der Waals surface area contributed by atoms with Gasteiger partial charge in [0, 0.05) is 17.9 Å². The number of imide groups is 1. The van der Waals surface area contributed by atoms with E-state index in [1.807, 2.05) is 32.0 Å². The van der Waals surface area contributed by atoms with Crippen LogP contribution in [-0.2, 0) is 4.74 Å². The highest BCUT2D eigenvalue weighted by atomic mass is 16.5. The van der Waals surface area contributed by atoms with Gasteiger partial charge in [0.25, 0.3) is 17.7 Å². The van der Waals surface area contributed by atoms with Crippen molar-refractivity contribution in [1.82, 2.24) is 4.90 Å². The molecule has 0 radical (unpaired) electrons. The molecule has 0 aromatic heterocycles. The van der Waals surface area contributed by atoms with Crippen LogP contribution in [0.15, 0.2) is 36.4 Å². The number of nitrogens with one attached hydrogen (secondary N) is 1. The van der Waals surface area contributed by atoms with Gasteiger partial charge in [-0.2, -0.15) is 0 Å². The number of amides is 3. The quantitative estimate of drug-likeness (QED) is 0.828. The molecule has 2 aliphatic heterocycles. The summed E-state index contributed by atoms with van der Waals surface area (Å²) in [5.41, 5.74) is 3.76. The van der Waals surface area contributed by atoms with Gasteiger partial charge in [-0.1, -0.05) is 6.07 Å². The number of carbonyl (C=O) groups excluding carboxylic acids is 3. The van der Waals surface area contributed by atoms with Crippen molar-refractivity contribution in [3.63, 3.8) is 0 Å². The number of hydrogen-bond donors (Lipinski definition) is 1. The van der Waals surface area contributed by atoms with Gasteiger partial charge in [0.15, 0.2) is 0 Å². The molecule has 2 aromatic rings. The molecule has 0 saturated carbocycles. The number of benzene rings is 2. The molecule has 1 fully saturated rings. The molecule has 1 atom stereocenters. The van der Waals surface area contributed by atoms with E-state index in [0.29, 0.717) is 23.4 Å². The number of nitrogens with zero attached hydrogens (tertiary/aromatic N) is 1. The number of aryl methyl sites for hydroxylation is 2. The maximum Gasteiger partial charge on any atom is 0.261 e. The van der Waals surface area contributed by atoms with Crippen LogP contribution in [0.5, 0.6) is 0 Å². The molecular formula is C22H22N2O4. The highest BCUT2D eigenvalue weighted by Gasteiger charge is 2.37. The average Bonchev–Trinajstić information content (AvgIpc) is 3.24. The summed E-state index contributed by atoms with van der Waals surface area (Å²) in [5.74, 6) is -1.00. The van der Waals surface area contributed by atoms with Gasteiger partial charge < -0.3 is 10.1 Å². The van der Waals surface area contributed by atoms with Crippen molar-refractivity contribution in [3.8, 4) is 0 Å². The van der Waals surface area contributed by atoms with Gasteiger partial charge in [0.1, 0.15) is 0 Å². The summed E-state index contributed by atoms with van der Waals surface area (Å²) in [4.78, 5) is 39.2. The van der Waals surface area contributed by atoms with E-state index in [0.717, 1.165) is 24.0 Å². The summed E-state index contributed by atoms with van der Waals surface area (Å²) in [6.07, 6.45) is 1.68. The number of ether oxygens (including phenoxy) is 1. The molecule has 3 amide bonds. The largest absolute Gasteiger partial charge is 0.376 e. The number of hydrogen-bond acceptors (Lipinski definition) is 4. The van der Waals surface area contributed by atoms with Gasteiger partial charge >= 0.3 is 0 Å². The summed E-state index contributed by atoms with van der Waals surface area (Å²) in [6.45, 7) is 4.85. The summed E-state index contributed by atoms with van der Waals surface area (Å²) < 4.78 is 5.55. The van der Waals surface area contributed by atoms with Crippen molar-refractivity contribution in [2.24, 2.45) is 0 Å². The highest BCUT2D eigenvalue weighted by Crippen LogP contribution is 2.26. The Bertz CT molecular complexity index is 956. The van der Waals surface area contributed by atoms with E-state index in [-0.39, 0.29) is 35.9 Å². The van der Waals surface area contributed by atoms with E-state index >= 15 is 0 Å². The molecule has 2 aliphatic rings. The smallest absolute Gasteiger partial charge is 0.261 e. The average molecular weight is 378 g/mol. The Hall–Kier alpha value is -2.99. The molecule has 1 unspecified atom stereocenters. The third-order valence-corrected chi connectivity index (χ3v) is 5.12. The van der Waals surface area contributed by atoms with Crippen molar-refractivity contribution in [2.45, 2.75) is 32.8 Å². The van der Waals surface area contributed by atoms with Crippen molar-refractivity contribution >= 4 is 23.4 Å². The van der Waals surface area contributed by atoms with Crippen molar-refractivity contribution in [2.75, 3.05) is 18.5 Å². The number of fused-ring (bicyclic) bond motifs is 1. The Balaban J connectivity index is 1.54. The fourth-order valence-electron chi connectivity index (χ4n) is 3.84. The van der Waals surface area contributed by atoms with Crippen LogP contribution in [0.25, 0.3) is 0 Å². The molecule has 0 bridgehead atoms. The van der Waals surface area contributed by atoms with Crippen molar-refractivity contribution in [1.29, 1.82) is 0 Å². The SMILES string of the molecule is Cc1cc(C)cc(NC(=O)c2ccc3c(c2)C(=O)N(CC2CCCO2)C3=O)c1. The molecular weight excluding hydrogens is 356 g/mol. The summed E-state index contributed by atoms with van der Waals surface area (Å²) in [7, 11) is 0. The number of carbonyl (C=O) groups is 3. The first kappa shape index (κ1) is 18.4. The van der Waals surface area contributed by atoms with Crippen LogP contribution in [0.2, 0.25) is 0 Å². The third kappa shape index (κ3) is 3.43. The van der Waals surface area contributed by atoms with Gasteiger partial charge in [-0.25, -0.2) is 0 Å². The second kappa shape index (κ2) is 7.20. The van der Waals surface area contributed by atoms with Gasteiger partial charge in [-0.05, 0) is 68.1 Å². The lowest BCUT2D eigenvalue weighted by atomic mass is 10.0. The first-order valence-corrected chi connectivity index (χ1v) is 9.44. The number of rotatable bonds is 4. The van der Waals surface area contributed by atoms with Crippen LogP contribution in [-0.4, -0.2) is 41.9 Å². The molecule has 1 saturated heterocycles. The maximum absolute atomic E-state index is 12.7. The molecule has 28 heavy (non-hydrogen) atoms. The molecule has 4 rings (SSSR count). The van der Waals surface area contributed by atoms with E-state index in [4.69, 9.17) is 4.74 Å². The van der Waals surface area contributed by atoms with E-state index in [1.54, 1.807) is 12.1 Å². The highest BCUT2D eigenvalue weighted by molar-refractivity contribution is 6.22. The molecule has 2 aromatic carbocycles. The minimum absolute atomic E-state index is 0.102. The zero-order chi connectivity index (χ0) is 19.8. The maximum atomic E-state index is 12.7. The Morgan fingerprint density at radius 3 is 2.46 bits per heavy atom. The predicted octanol–water partition coefficient (Wildman–Crippen LogP) is 3.33. The molecule has 144 valence electrons.